The molecule has 2 aliphatic rings. The van der Waals surface area contributed by atoms with E-state index >= 15 is 0 Å². The molecule has 5 atom stereocenters. The molecular weight excluding hydrogens is 614 g/mol. The Morgan fingerprint density at radius 3 is 2.27 bits per heavy atom. The van der Waals surface area contributed by atoms with Crippen LogP contribution < -0.4 is 4.74 Å². The van der Waals surface area contributed by atoms with E-state index in [2.05, 4.69) is 65.8 Å². The van der Waals surface area contributed by atoms with Gasteiger partial charge in [0.25, 0.3) is 0 Å². The molecule has 1 aliphatic carbocycles. The van der Waals surface area contributed by atoms with Gasteiger partial charge >= 0.3 is 12.1 Å². The summed E-state index contributed by atoms with van der Waals surface area (Å²) in [5, 5.41) is 0. The Labute approximate surface area is 271 Å². The van der Waals surface area contributed by atoms with Gasteiger partial charge < -0.3 is 18.3 Å². The minimum atomic E-state index is -4.45. The van der Waals surface area contributed by atoms with Gasteiger partial charge in [0.1, 0.15) is 18.5 Å². The highest BCUT2D eigenvalue weighted by atomic mass is 28.4. The molecule has 0 unspecified atom stereocenters. The van der Waals surface area contributed by atoms with Crippen LogP contribution in [0.2, 0.25) is 36.3 Å². The summed E-state index contributed by atoms with van der Waals surface area (Å²) < 4.78 is 66.2. The van der Waals surface area contributed by atoms with E-state index in [0.717, 1.165) is 67.7 Å². The van der Waals surface area contributed by atoms with Gasteiger partial charge in [-0.2, -0.15) is 13.2 Å². The molecule has 10 heteroatoms. The fraction of sp³-hybridized carbons (Fsp3) is 0.686. The van der Waals surface area contributed by atoms with Crippen LogP contribution in [0.15, 0.2) is 48.6 Å². The van der Waals surface area contributed by atoms with E-state index in [1.165, 1.54) is 6.07 Å². The number of ether oxygens (including phenoxy) is 2. The minimum absolute atomic E-state index is 0.00371. The molecule has 0 aromatic heterocycles. The second kappa shape index (κ2) is 17.3. The van der Waals surface area contributed by atoms with Crippen molar-refractivity contribution in [3.05, 3.63) is 54.1 Å². The van der Waals surface area contributed by atoms with Crippen molar-refractivity contribution in [2.45, 2.75) is 134 Å². The largest absolute Gasteiger partial charge is 0.491 e. The Kier molecular flexibility index (Phi) is 14.5. The molecule has 254 valence electrons. The van der Waals surface area contributed by atoms with Gasteiger partial charge in [0, 0.05) is 24.7 Å². The first-order chi connectivity index (χ1) is 21.5. The van der Waals surface area contributed by atoms with Crippen molar-refractivity contribution >= 4 is 22.6 Å². The molecular formula is C35H55F3O5Si2. The Bertz CT molecular complexity index is 1100. The Morgan fingerprint density at radius 1 is 0.978 bits per heavy atom. The van der Waals surface area contributed by atoms with E-state index in [1.54, 1.807) is 6.07 Å². The summed E-state index contributed by atoms with van der Waals surface area (Å²) in [7, 11) is -4.07. The van der Waals surface area contributed by atoms with Crippen molar-refractivity contribution in [3.63, 3.8) is 0 Å². The zero-order chi connectivity index (χ0) is 33.1. The Morgan fingerprint density at radius 2 is 1.64 bits per heavy atom. The number of hydrogen-bond acceptors (Lipinski definition) is 5. The Balaban J connectivity index is 1.97. The molecule has 1 aliphatic heterocycles. The van der Waals surface area contributed by atoms with E-state index < -0.39 is 34.5 Å². The minimum Gasteiger partial charge on any atom is -0.491 e. The topological polar surface area (TPSA) is 54.0 Å². The normalized spacial score (nSPS) is 24.0. The molecule has 5 nitrogen and oxygen atoms in total. The van der Waals surface area contributed by atoms with Gasteiger partial charge in [0.05, 0.1) is 17.8 Å². The average molecular weight is 669 g/mol. The summed E-state index contributed by atoms with van der Waals surface area (Å²) in [5.74, 6) is 0.0927. The van der Waals surface area contributed by atoms with Gasteiger partial charge in [0.15, 0.2) is 16.6 Å². The molecule has 0 spiro atoms. The fourth-order valence-corrected chi connectivity index (χ4v) is 12.5. The van der Waals surface area contributed by atoms with Crippen molar-refractivity contribution in [3.8, 4) is 5.75 Å². The highest BCUT2D eigenvalue weighted by molar-refractivity contribution is 6.74. The van der Waals surface area contributed by atoms with Crippen molar-refractivity contribution in [1.82, 2.24) is 0 Å². The standard InChI is InChI=1S/C35H55F3O5Si2/c1-7-44(8-2,9-3)42-29(26-40-28-19-17-18-27(24-28)35(36,37)38)22-23-31-30-20-15-13-14-16-21-34(39)41-32(30)25-33(31)43-45(10-4,11-5)12-6/h13,15,17-19,22-24,29-33H,7-12,14,16,20-21,25-26H2,1-6H3/t29-,30-,31-,32+,33-/m1/s1. The summed E-state index contributed by atoms with van der Waals surface area (Å²) in [6.45, 7) is 13.2. The van der Waals surface area contributed by atoms with Crippen LogP contribution in [0.4, 0.5) is 13.2 Å². The van der Waals surface area contributed by atoms with Crippen LogP contribution in [0.1, 0.15) is 79.2 Å². The van der Waals surface area contributed by atoms with Crippen LogP contribution in [0, 0.1) is 11.8 Å². The quantitative estimate of drug-likeness (QED) is 0.106. The molecule has 1 heterocycles. The lowest BCUT2D eigenvalue weighted by atomic mass is 9.89. The van der Waals surface area contributed by atoms with Crippen molar-refractivity contribution < 1.29 is 36.3 Å². The molecule has 0 radical (unpaired) electrons. The number of halogens is 3. The first-order valence-electron chi connectivity index (χ1n) is 17.2. The molecule has 1 aromatic carbocycles. The van der Waals surface area contributed by atoms with Gasteiger partial charge in [0.2, 0.25) is 0 Å². The zero-order valence-electron chi connectivity index (χ0n) is 28.2. The van der Waals surface area contributed by atoms with Crippen LogP contribution in [0.3, 0.4) is 0 Å². The summed E-state index contributed by atoms with van der Waals surface area (Å²) in [4.78, 5) is 12.7. The zero-order valence-corrected chi connectivity index (χ0v) is 30.2. The predicted molar refractivity (Wildman–Crippen MR) is 179 cm³/mol. The van der Waals surface area contributed by atoms with Gasteiger partial charge in [-0.1, -0.05) is 71.9 Å². The average Bonchev–Trinajstić information content (AvgIpc) is 3.35. The number of allylic oxidation sites excluding steroid dienone is 2. The lowest BCUT2D eigenvalue weighted by Crippen LogP contribution is -2.42. The molecule has 1 saturated carbocycles. The maximum Gasteiger partial charge on any atom is 0.416 e. The highest BCUT2D eigenvalue weighted by Crippen LogP contribution is 2.43. The second-order valence-electron chi connectivity index (χ2n) is 12.6. The van der Waals surface area contributed by atoms with E-state index in [4.69, 9.17) is 18.3 Å². The first-order valence-corrected chi connectivity index (χ1v) is 22.2. The summed E-state index contributed by atoms with van der Waals surface area (Å²) in [6.07, 6.45) is 6.94. The third-order valence-corrected chi connectivity index (χ3v) is 19.6. The fourth-order valence-electron chi connectivity index (χ4n) is 6.85. The summed E-state index contributed by atoms with van der Waals surface area (Å²) >= 11 is 0. The maximum absolute atomic E-state index is 13.4. The number of carbonyl (C=O) groups is 1. The van der Waals surface area contributed by atoms with Gasteiger partial charge in [-0.3, -0.25) is 4.79 Å². The number of rotatable bonds is 15. The van der Waals surface area contributed by atoms with Crippen LogP contribution in [0.5, 0.6) is 5.75 Å². The maximum atomic E-state index is 13.4. The Hall–Kier alpha value is -1.89. The monoisotopic (exact) mass is 668 g/mol. The van der Waals surface area contributed by atoms with E-state index in [-0.39, 0.29) is 42.4 Å². The number of fused-ring (bicyclic) bond motifs is 1. The van der Waals surface area contributed by atoms with Gasteiger partial charge in [-0.05, 0) is 73.7 Å². The highest BCUT2D eigenvalue weighted by Gasteiger charge is 2.47. The first kappa shape index (κ1) is 37.6. The van der Waals surface area contributed by atoms with Crippen molar-refractivity contribution in [2.75, 3.05) is 6.61 Å². The molecule has 0 bridgehead atoms. The van der Waals surface area contributed by atoms with Crippen LogP contribution in [0.25, 0.3) is 0 Å². The van der Waals surface area contributed by atoms with Crippen LogP contribution >= 0.6 is 0 Å². The molecule has 0 N–H and O–H groups in total. The third-order valence-electron chi connectivity index (χ3n) is 10.3. The SMILES string of the molecule is CC[Si](CC)(CC)O[C@H](C=C[C@@H]1[C@H]2CC=CCCCC(=O)O[C@H]2C[C@H]1O[Si](CC)(CC)CC)COc1cccc(C(F)(F)F)c1. The summed E-state index contributed by atoms with van der Waals surface area (Å²) in [5.41, 5.74) is -0.738. The third kappa shape index (κ3) is 10.3. The lowest BCUT2D eigenvalue weighted by molar-refractivity contribution is -0.151. The molecule has 1 aromatic rings. The molecule has 0 saturated heterocycles. The van der Waals surface area contributed by atoms with E-state index in [0.29, 0.717) is 12.8 Å². The number of alkyl halides is 3. The van der Waals surface area contributed by atoms with Crippen LogP contribution in [-0.4, -0.2) is 47.5 Å². The molecule has 3 rings (SSSR count). The number of esters is 1. The second-order valence-corrected chi connectivity index (χ2v) is 22.1. The van der Waals surface area contributed by atoms with Crippen molar-refractivity contribution in [1.29, 1.82) is 0 Å². The van der Waals surface area contributed by atoms with Crippen LogP contribution in [-0.2, 0) is 24.6 Å². The lowest BCUT2D eigenvalue weighted by Gasteiger charge is -2.35. The number of carbonyl (C=O) groups excluding carboxylic acids is 1. The summed E-state index contributed by atoms with van der Waals surface area (Å²) in [6, 6.07) is 10.9. The number of hydrogen-bond donors (Lipinski definition) is 0. The smallest absolute Gasteiger partial charge is 0.416 e. The molecule has 0 amide bonds. The molecule has 1 fully saturated rings. The molecule has 45 heavy (non-hydrogen) atoms. The van der Waals surface area contributed by atoms with Crippen molar-refractivity contribution in [2.24, 2.45) is 11.8 Å². The van der Waals surface area contributed by atoms with E-state index in [9.17, 15) is 18.0 Å². The van der Waals surface area contributed by atoms with Gasteiger partial charge in [-0.15, -0.1) is 0 Å². The number of benzene rings is 1. The predicted octanol–water partition coefficient (Wildman–Crippen LogP) is 10.1. The van der Waals surface area contributed by atoms with E-state index in [1.807, 2.05) is 0 Å². The van der Waals surface area contributed by atoms with Gasteiger partial charge in [-0.25, -0.2) is 0 Å².